The van der Waals surface area contributed by atoms with Gasteiger partial charge in [-0.3, -0.25) is 9.13 Å². The molecule has 0 aliphatic carbocycles. The Morgan fingerprint density at radius 2 is 2.04 bits per heavy atom. The molecular weight excluding hydrogens is 316 g/mol. The molecular formula is C15H15ClN6O. The van der Waals surface area contributed by atoms with Gasteiger partial charge in [-0.2, -0.15) is 0 Å². The maximum absolute atomic E-state index is 13.1. The summed E-state index contributed by atoms with van der Waals surface area (Å²) in [6.45, 7) is 1.62. The molecule has 7 nitrogen and oxygen atoms in total. The van der Waals surface area contributed by atoms with Gasteiger partial charge in [0, 0.05) is 11.6 Å². The molecule has 1 fully saturated rings. The molecule has 118 valence electrons. The van der Waals surface area contributed by atoms with Crippen molar-refractivity contribution in [3.8, 4) is 5.69 Å². The van der Waals surface area contributed by atoms with E-state index in [1.54, 1.807) is 33.4 Å². The molecule has 1 aliphatic heterocycles. The molecule has 0 amide bonds. The molecule has 1 atom stereocenters. The van der Waals surface area contributed by atoms with Gasteiger partial charge < -0.3 is 11.1 Å². The highest BCUT2D eigenvalue weighted by Gasteiger charge is 2.26. The van der Waals surface area contributed by atoms with Crippen LogP contribution in [-0.4, -0.2) is 32.2 Å². The van der Waals surface area contributed by atoms with E-state index < -0.39 is 0 Å². The van der Waals surface area contributed by atoms with E-state index in [0.717, 1.165) is 19.5 Å². The summed E-state index contributed by atoms with van der Waals surface area (Å²) in [6.07, 6.45) is 2.27. The number of aromatic nitrogens is 4. The summed E-state index contributed by atoms with van der Waals surface area (Å²) in [7, 11) is 0. The molecule has 2 aromatic heterocycles. The fourth-order valence-corrected chi connectivity index (χ4v) is 3.21. The van der Waals surface area contributed by atoms with Crippen molar-refractivity contribution in [2.45, 2.75) is 12.5 Å². The third-order valence-corrected chi connectivity index (χ3v) is 4.42. The van der Waals surface area contributed by atoms with E-state index in [0.29, 0.717) is 21.9 Å². The minimum absolute atomic E-state index is 0.0628. The molecule has 4 rings (SSSR count). The zero-order chi connectivity index (χ0) is 16.0. The monoisotopic (exact) mass is 330 g/mol. The van der Waals surface area contributed by atoms with E-state index in [9.17, 15) is 4.79 Å². The smallest absolute Gasteiger partial charge is 0.335 e. The van der Waals surface area contributed by atoms with Gasteiger partial charge in [-0.15, -0.1) is 0 Å². The Morgan fingerprint density at radius 1 is 1.26 bits per heavy atom. The van der Waals surface area contributed by atoms with Gasteiger partial charge in [0.15, 0.2) is 11.5 Å². The number of hydrogen-bond acceptors (Lipinski definition) is 5. The molecule has 0 spiro atoms. The quantitative estimate of drug-likeness (QED) is 0.740. The molecule has 1 aromatic carbocycles. The number of nitrogens with one attached hydrogen (secondary N) is 1. The second-order valence-electron chi connectivity index (χ2n) is 5.54. The van der Waals surface area contributed by atoms with Gasteiger partial charge in [-0.1, -0.05) is 11.6 Å². The van der Waals surface area contributed by atoms with Crippen LogP contribution in [0.2, 0.25) is 5.02 Å². The van der Waals surface area contributed by atoms with E-state index in [2.05, 4.69) is 15.3 Å². The van der Waals surface area contributed by atoms with Crippen LogP contribution < -0.4 is 16.7 Å². The average Bonchev–Trinajstić information content (AvgIpc) is 3.14. The standard InChI is InChI=1S/C15H15ClN6O/c16-9-1-3-10(4-2-9)21-12-13(17)19-8-20-14(12)22(15(21)23)11-5-6-18-7-11/h1-4,8,11,18H,5-7H2,(H2,17,19,20)/t11-/m1/s1. The van der Waals surface area contributed by atoms with Gasteiger partial charge in [0.25, 0.3) is 0 Å². The summed E-state index contributed by atoms with van der Waals surface area (Å²) in [5, 5.41) is 3.88. The van der Waals surface area contributed by atoms with Crippen molar-refractivity contribution in [2.24, 2.45) is 0 Å². The second-order valence-corrected chi connectivity index (χ2v) is 5.98. The fraction of sp³-hybridized carbons (Fsp3) is 0.267. The van der Waals surface area contributed by atoms with Crippen molar-refractivity contribution < 1.29 is 0 Å². The maximum atomic E-state index is 13.1. The summed E-state index contributed by atoms with van der Waals surface area (Å²) in [5.41, 5.74) is 7.66. The molecule has 3 aromatic rings. The summed E-state index contributed by atoms with van der Waals surface area (Å²) in [5.74, 6) is 0.284. The lowest BCUT2D eigenvalue weighted by Crippen LogP contribution is -2.28. The minimum Gasteiger partial charge on any atom is -0.382 e. The van der Waals surface area contributed by atoms with Crippen molar-refractivity contribution in [3.05, 3.63) is 46.1 Å². The van der Waals surface area contributed by atoms with Crippen LogP contribution in [0, 0.1) is 0 Å². The Bertz CT molecular complexity index is 924. The van der Waals surface area contributed by atoms with Gasteiger partial charge in [-0.25, -0.2) is 14.8 Å². The number of fused-ring (bicyclic) bond motifs is 1. The lowest BCUT2D eigenvalue weighted by atomic mass is 10.2. The number of benzene rings is 1. The normalized spacial score (nSPS) is 17.9. The SMILES string of the molecule is Nc1ncnc2c1n(-c1ccc(Cl)cc1)c(=O)n2[C@@H]1CCNC1. The third-order valence-electron chi connectivity index (χ3n) is 4.16. The number of anilines is 1. The Balaban J connectivity index is 2.05. The van der Waals surface area contributed by atoms with Gasteiger partial charge in [-0.05, 0) is 37.2 Å². The highest BCUT2D eigenvalue weighted by molar-refractivity contribution is 6.30. The van der Waals surface area contributed by atoms with Crippen molar-refractivity contribution in [1.29, 1.82) is 0 Å². The Labute approximate surface area is 136 Å². The van der Waals surface area contributed by atoms with Gasteiger partial charge in [0.2, 0.25) is 0 Å². The summed E-state index contributed by atoms with van der Waals surface area (Å²) >= 11 is 5.95. The van der Waals surface area contributed by atoms with Crippen molar-refractivity contribution >= 4 is 28.6 Å². The number of hydrogen-bond donors (Lipinski definition) is 2. The maximum Gasteiger partial charge on any atom is 0.335 e. The lowest BCUT2D eigenvalue weighted by Gasteiger charge is -2.09. The number of nitrogens with two attached hydrogens (primary N) is 1. The van der Waals surface area contributed by atoms with Crippen molar-refractivity contribution in [2.75, 3.05) is 18.8 Å². The minimum atomic E-state index is -0.164. The first-order chi connectivity index (χ1) is 11.2. The summed E-state index contributed by atoms with van der Waals surface area (Å²) < 4.78 is 3.27. The molecule has 0 radical (unpaired) electrons. The number of halogens is 1. The molecule has 0 saturated carbocycles. The van der Waals surface area contributed by atoms with E-state index in [-0.39, 0.29) is 17.5 Å². The number of rotatable bonds is 2. The van der Waals surface area contributed by atoms with Crippen LogP contribution in [-0.2, 0) is 0 Å². The summed E-state index contributed by atoms with van der Waals surface area (Å²) in [4.78, 5) is 21.4. The van der Waals surface area contributed by atoms with Gasteiger partial charge in [0.05, 0.1) is 11.7 Å². The first-order valence-corrected chi connectivity index (χ1v) is 7.74. The molecule has 1 aliphatic rings. The molecule has 0 bridgehead atoms. The zero-order valence-electron chi connectivity index (χ0n) is 12.2. The lowest BCUT2D eigenvalue weighted by molar-refractivity contribution is 0.537. The second kappa shape index (κ2) is 5.36. The molecule has 3 N–H and O–H groups in total. The molecule has 0 unspecified atom stereocenters. The first kappa shape index (κ1) is 14.2. The topological polar surface area (TPSA) is 90.8 Å². The predicted molar refractivity (Wildman–Crippen MR) is 89.1 cm³/mol. The van der Waals surface area contributed by atoms with Crippen LogP contribution >= 0.6 is 11.6 Å². The Hall–Kier alpha value is -2.38. The van der Waals surface area contributed by atoms with Crippen LogP contribution in [0.15, 0.2) is 35.4 Å². The number of nitrogen functional groups attached to an aromatic ring is 1. The zero-order valence-corrected chi connectivity index (χ0v) is 13.0. The van der Waals surface area contributed by atoms with E-state index in [4.69, 9.17) is 17.3 Å². The molecule has 8 heteroatoms. The van der Waals surface area contributed by atoms with Crippen molar-refractivity contribution in [3.63, 3.8) is 0 Å². The van der Waals surface area contributed by atoms with Crippen LogP contribution in [0.25, 0.3) is 16.9 Å². The van der Waals surface area contributed by atoms with Crippen LogP contribution in [0.4, 0.5) is 5.82 Å². The van der Waals surface area contributed by atoms with Gasteiger partial charge in [0.1, 0.15) is 11.8 Å². The van der Waals surface area contributed by atoms with E-state index in [1.807, 2.05) is 0 Å². The van der Waals surface area contributed by atoms with Crippen molar-refractivity contribution in [1.82, 2.24) is 24.4 Å². The highest BCUT2D eigenvalue weighted by atomic mass is 35.5. The Morgan fingerprint density at radius 3 is 2.74 bits per heavy atom. The van der Waals surface area contributed by atoms with Crippen LogP contribution in [0.5, 0.6) is 0 Å². The number of nitrogens with zero attached hydrogens (tertiary/aromatic N) is 4. The van der Waals surface area contributed by atoms with Crippen LogP contribution in [0.1, 0.15) is 12.5 Å². The Kier molecular flexibility index (Phi) is 3.32. The molecule has 23 heavy (non-hydrogen) atoms. The largest absolute Gasteiger partial charge is 0.382 e. The van der Waals surface area contributed by atoms with E-state index in [1.165, 1.54) is 6.33 Å². The average molecular weight is 331 g/mol. The first-order valence-electron chi connectivity index (χ1n) is 7.37. The fourth-order valence-electron chi connectivity index (χ4n) is 3.09. The molecule has 3 heterocycles. The van der Waals surface area contributed by atoms with Gasteiger partial charge >= 0.3 is 5.69 Å². The highest BCUT2D eigenvalue weighted by Crippen LogP contribution is 2.25. The molecule has 1 saturated heterocycles. The predicted octanol–water partition coefficient (Wildman–Crippen LogP) is 1.35. The number of imidazole rings is 1. The van der Waals surface area contributed by atoms with Crippen LogP contribution in [0.3, 0.4) is 0 Å². The third kappa shape index (κ3) is 2.20. The summed E-state index contributed by atoms with van der Waals surface area (Å²) in [6, 6.07) is 7.11. The van der Waals surface area contributed by atoms with E-state index >= 15 is 0 Å².